The molecule has 0 aromatic carbocycles. The van der Waals surface area contributed by atoms with Gasteiger partial charge >= 0.3 is 0 Å². The van der Waals surface area contributed by atoms with Crippen LogP contribution in [-0.4, -0.2) is 45.8 Å². The van der Waals surface area contributed by atoms with E-state index in [1.807, 2.05) is 6.92 Å². The standard InChI is InChI=1S/C21H30N4O3/c1-13-8-25(9-16-4-5-16)20-19(13)21(23-12-22-20)28-11-17-6-18(7-17)27-10-14(2)24-15(3)26/h8,12,14,16-18H,4-7,9-11H2,1-3H3,(H,24,26)/t14-,17?,18?/m0/s1. The molecule has 2 aromatic rings. The maximum absolute atomic E-state index is 11.0. The minimum Gasteiger partial charge on any atom is -0.477 e. The number of nitrogens with one attached hydrogen (secondary N) is 1. The molecular weight excluding hydrogens is 356 g/mol. The van der Waals surface area contributed by atoms with Crippen molar-refractivity contribution in [3.63, 3.8) is 0 Å². The fourth-order valence-corrected chi connectivity index (χ4v) is 3.92. The zero-order valence-corrected chi connectivity index (χ0v) is 17.0. The second kappa shape index (κ2) is 8.07. The van der Waals surface area contributed by atoms with Gasteiger partial charge in [0.1, 0.15) is 12.0 Å². The van der Waals surface area contributed by atoms with E-state index in [2.05, 4.69) is 33.0 Å². The van der Waals surface area contributed by atoms with Crippen molar-refractivity contribution in [2.45, 2.75) is 65.1 Å². The zero-order valence-electron chi connectivity index (χ0n) is 17.0. The van der Waals surface area contributed by atoms with E-state index in [0.29, 0.717) is 25.0 Å². The maximum Gasteiger partial charge on any atom is 0.226 e. The molecule has 0 bridgehead atoms. The highest BCUT2D eigenvalue weighted by Gasteiger charge is 2.31. The maximum atomic E-state index is 11.0. The third-order valence-electron chi connectivity index (χ3n) is 5.64. The summed E-state index contributed by atoms with van der Waals surface area (Å²) in [6.07, 6.45) is 8.66. The molecule has 7 heteroatoms. The van der Waals surface area contributed by atoms with Crippen LogP contribution in [0.5, 0.6) is 5.88 Å². The average Bonchev–Trinajstić information content (AvgIpc) is 3.36. The first-order chi connectivity index (χ1) is 13.5. The van der Waals surface area contributed by atoms with Gasteiger partial charge in [0.05, 0.1) is 24.7 Å². The minimum absolute atomic E-state index is 0.0200. The first kappa shape index (κ1) is 19.2. The lowest BCUT2D eigenvalue weighted by molar-refractivity contribution is -0.120. The van der Waals surface area contributed by atoms with Gasteiger partial charge in [-0.3, -0.25) is 4.79 Å². The topological polar surface area (TPSA) is 78.3 Å². The number of carbonyl (C=O) groups excluding carboxylic acids is 1. The molecule has 0 spiro atoms. The van der Waals surface area contributed by atoms with E-state index in [1.54, 1.807) is 6.33 Å². The van der Waals surface area contributed by atoms with Gasteiger partial charge in [0.15, 0.2) is 0 Å². The minimum atomic E-state index is -0.0200. The van der Waals surface area contributed by atoms with E-state index in [0.717, 1.165) is 36.3 Å². The van der Waals surface area contributed by atoms with Crippen molar-refractivity contribution < 1.29 is 14.3 Å². The molecule has 2 aliphatic rings. The van der Waals surface area contributed by atoms with E-state index < -0.39 is 0 Å². The molecule has 2 aromatic heterocycles. The molecule has 1 atom stereocenters. The van der Waals surface area contributed by atoms with Crippen LogP contribution < -0.4 is 10.1 Å². The van der Waals surface area contributed by atoms with Crippen LogP contribution in [0.15, 0.2) is 12.5 Å². The molecule has 2 heterocycles. The highest BCUT2D eigenvalue weighted by molar-refractivity contribution is 5.85. The molecule has 1 N–H and O–H groups in total. The SMILES string of the molecule is CC(=O)N[C@@H](C)COC1CC(COc2ncnc3c2c(C)cn3CC2CC2)C1. The molecule has 2 fully saturated rings. The number of carbonyl (C=O) groups is 1. The molecule has 2 aliphatic carbocycles. The van der Waals surface area contributed by atoms with Crippen LogP contribution in [0.3, 0.4) is 0 Å². The first-order valence-electron chi connectivity index (χ1n) is 10.3. The Hall–Kier alpha value is -2.15. The largest absolute Gasteiger partial charge is 0.477 e. The number of hydrogen-bond acceptors (Lipinski definition) is 5. The Morgan fingerprint density at radius 3 is 2.82 bits per heavy atom. The van der Waals surface area contributed by atoms with Gasteiger partial charge in [-0.25, -0.2) is 9.97 Å². The summed E-state index contributed by atoms with van der Waals surface area (Å²) in [5, 5.41) is 3.88. The molecule has 0 aliphatic heterocycles. The van der Waals surface area contributed by atoms with Gasteiger partial charge in [0.2, 0.25) is 11.8 Å². The quantitative estimate of drug-likeness (QED) is 0.717. The molecular formula is C21H30N4O3. The number of hydrogen-bond donors (Lipinski definition) is 1. The lowest BCUT2D eigenvalue weighted by Crippen LogP contribution is -2.40. The average molecular weight is 386 g/mol. The molecule has 1 amide bonds. The van der Waals surface area contributed by atoms with Crippen molar-refractivity contribution in [3.8, 4) is 5.88 Å². The van der Waals surface area contributed by atoms with Gasteiger partial charge in [0.25, 0.3) is 0 Å². The number of ether oxygens (including phenoxy) is 2. The number of aromatic nitrogens is 3. The molecule has 28 heavy (non-hydrogen) atoms. The monoisotopic (exact) mass is 386 g/mol. The van der Waals surface area contributed by atoms with Gasteiger partial charge in [-0.1, -0.05) is 0 Å². The summed E-state index contributed by atoms with van der Waals surface area (Å²) in [7, 11) is 0. The van der Waals surface area contributed by atoms with Gasteiger partial charge in [0, 0.05) is 25.7 Å². The predicted molar refractivity (Wildman–Crippen MR) is 106 cm³/mol. The molecule has 7 nitrogen and oxygen atoms in total. The Balaban J connectivity index is 1.27. The number of rotatable bonds is 9. The Bertz CT molecular complexity index is 840. The highest BCUT2D eigenvalue weighted by atomic mass is 16.5. The normalized spacial score (nSPS) is 22.7. The van der Waals surface area contributed by atoms with Gasteiger partial charge in [-0.15, -0.1) is 0 Å². The number of amides is 1. The van der Waals surface area contributed by atoms with Crippen molar-refractivity contribution in [1.82, 2.24) is 19.9 Å². The van der Waals surface area contributed by atoms with Crippen molar-refractivity contribution in [2.24, 2.45) is 11.8 Å². The molecule has 4 rings (SSSR count). The summed E-state index contributed by atoms with van der Waals surface area (Å²) in [4.78, 5) is 19.9. The van der Waals surface area contributed by atoms with Crippen molar-refractivity contribution in [3.05, 3.63) is 18.1 Å². The Labute approximate surface area is 165 Å². The van der Waals surface area contributed by atoms with Gasteiger partial charge in [-0.2, -0.15) is 0 Å². The van der Waals surface area contributed by atoms with E-state index >= 15 is 0 Å². The fraction of sp³-hybridized carbons (Fsp3) is 0.667. The predicted octanol–water partition coefficient (Wildman–Crippen LogP) is 2.85. The van der Waals surface area contributed by atoms with E-state index in [9.17, 15) is 4.79 Å². The number of aryl methyl sites for hydroxylation is 1. The summed E-state index contributed by atoms with van der Waals surface area (Å²) >= 11 is 0. The molecule has 0 unspecified atom stereocenters. The molecule has 0 saturated heterocycles. The van der Waals surface area contributed by atoms with Crippen LogP contribution in [0.4, 0.5) is 0 Å². The molecule has 152 valence electrons. The summed E-state index contributed by atoms with van der Waals surface area (Å²) in [5.41, 5.74) is 2.16. The van der Waals surface area contributed by atoms with Crippen molar-refractivity contribution >= 4 is 16.9 Å². The number of fused-ring (bicyclic) bond motifs is 1. The van der Waals surface area contributed by atoms with Crippen LogP contribution in [0, 0.1) is 18.8 Å². The van der Waals surface area contributed by atoms with Crippen molar-refractivity contribution in [2.75, 3.05) is 13.2 Å². The fourth-order valence-electron chi connectivity index (χ4n) is 3.92. The third-order valence-corrected chi connectivity index (χ3v) is 5.64. The molecule has 2 saturated carbocycles. The molecule has 0 radical (unpaired) electrons. The Morgan fingerprint density at radius 1 is 1.32 bits per heavy atom. The van der Waals surface area contributed by atoms with Gasteiger partial charge in [-0.05, 0) is 56.9 Å². The summed E-state index contributed by atoms with van der Waals surface area (Å²) < 4.78 is 14.2. The zero-order chi connectivity index (χ0) is 19.7. The lowest BCUT2D eigenvalue weighted by atomic mass is 9.83. The van der Waals surface area contributed by atoms with Crippen LogP contribution in [0.25, 0.3) is 11.0 Å². The Morgan fingerprint density at radius 2 is 2.11 bits per heavy atom. The van der Waals surface area contributed by atoms with E-state index in [4.69, 9.17) is 9.47 Å². The highest BCUT2D eigenvalue weighted by Crippen LogP contribution is 2.35. The first-order valence-corrected chi connectivity index (χ1v) is 10.3. The third kappa shape index (κ3) is 4.46. The van der Waals surface area contributed by atoms with Crippen molar-refractivity contribution in [1.29, 1.82) is 0 Å². The second-order valence-corrected chi connectivity index (χ2v) is 8.49. The smallest absolute Gasteiger partial charge is 0.226 e. The van der Waals surface area contributed by atoms with Crippen LogP contribution in [0.1, 0.15) is 45.1 Å². The van der Waals surface area contributed by atoms with Crippen LogP contribution >= 0.6 is 0 Å². The van der Waals surface area contributed by atoms with Crippen LogP contribution in [0.2, 0.25) is 0 Å². The van der Waals surface area contributed by atoms with Gasteiger partial charge < -0.3 is 19.4 Å². The van der Waals surface area contributed by atoms with E-state index in [1.165, 1.54) is 25.3 Å². The lowest BCUT2D eigenvalue weighted by Gasteiger charge is -2.35. The summed E-state index contributed by atoms with van der Waals surface area (Å²) in [6, 6.07) is 0.0461. The van der Waals surface area contributed by atoms with E-state index in [-0.39, 0.29) is 18.1 Å². The second-order valence-electron chi connectivity index (χ2n) is 8.49. The summed E-state index contributed by atoms with van der Waals surface area (Å²) in [5.74, 6) is 1.96. The van der Waals surface area contributed by atoms with Crippen LogP contribution in [-0.2, 0) is 16.1 Å². The number of nitrogens with zero attached hydrogens (tertiary/aromatic N) is 3. The summed E-state index contributed by atoms with van der Waals surface area (Å²) in [6.45, 7) is 7.83. The Kier molecular flexibility index (Phi) is 5.53.